The van der Waals surface area contributed by atoms with Crippen LogP contribution >= 0.6 is 0 Å². The van der Waals surface area contributed by atoms with Crippen molar-refractivity contribution in [1.82, 2.24) is 4.90 Å². The standard InChI is InChI=1S/C16H30N2O/c1-4-7-11-18(12-8-5-2)15(13-17)16-10-9-14(6-3)19-16/h9-10,15H,4-8,11-13,17H2,1-3H3. The lowest BCUT2D eigenvalue weighted by Crippen LogP contribution is -2.35. The van der Waals surface area contributed by atoms with Crippen LogP contribution in [-0.2, 0) is 6.42 Å². The van der Waals surface area contributed by atoms with E-state index in [2.05, 4.69) is 37.8 Å². The largest absolute Gasteiger partial charge is 0.464 e. The highest BCUT2D eigenvalue weighted by Gasteiger charge is 2.21. The molecule has 19 heavy (non-hydrogen) atoms. The van der Waals surface area contributed by atoms with Crippen LogP contribution in [0, 0.1) is 0 Å². The zero-order valence-corrected chi connectivity index (χ0v) is 12.8. The minimum Gasteiger partial charge on any atom is -0.464 e. The molecule has 1 heterocycles. The normalized spacial score (nSPS) is 13.1. The van der Waals surface area contributed by atoms with Crippen molar-refractivity contribution in [3.05, 3.63) is 23.7 Å². The van der Waals surface area contributed by atoms with Gasteiger partial charge in [-0.2, -0.15) is 0 Å². The van der Waals surface area contributed by atoms with Gasteiger partial charge in [0.15, 0.2) is 0 Å². The summed E-state index contributed by atoms with van der Waals surface area (Å²) in [7, 11) is 0. The number of rotatable bonds is 10. The highest BCUT2D eigenvalue weighted by molar-refractivity contribution is 5.11. The summed E-state index contributed by atoms with van der Waals surface area (Å²) in [6.45, 7) is 9.44. The van der Waals surface area contributed by atoms with E-state index in [4.69, 9.17) is 10.2 Å². The third-order valence-electron chi connectivity index (χ3n) is 3.62. The maximum atomic E-state index is 6.00. The number of hydrogen-bond donors (Lipinski definition) is 1. The zero-order valence-electron chi connectivity index (χ0n) is 12.8. The smallest absolute Gasteiger partial charge is 0.122 e. The van der Waals surface area contributed by atoms with Crippen molar-refractivity contribution in [2.45, 2.75) is 58.9 Å². The molecule has 1 aromatic rings. The first-order valence-electron chi connectivity index (χ1n) is 7.79. The van der Waals surface area contributed by atoms with Crippen LogP contribution in [0.2, 0.25) is 0 Å². The minimum absolute atomic E-state index is 0.235. The molecule has 1 atom stereocenters. The summed E-state index contributed by atoms with van der Waals surface area (Å²) < 4.78 is 5.91. The third-order valence-corrected chi connectivity index (χ3v) is 3.62. The second kappa shape index (κ2) is 9.16. The van der Waals surface area contributed by atoms with Gasteiger partial charge in [-0.25, -0.2) is 0 Å². The quantitative estimate of drug-likeness (QED) is 0.701. The Morgan fingerprint density at radius 2 is 1.74 bits per heavy atom. The Hall–Kier alpha value is -0.800. The SMILES string of the molecule is CCCCN(CCCC)C(CN)c1ccc(CC)o1. The third kappa shape index (κ3) is 5.00. The summed E-state index contributed by atoms with van der Waals surface area (Å²) >= 11 is 0. The number of nitrogens with two attached hydrogens (primary N) is 1. The van der Waals surface area contributed by atoms with Crippen molar-refractivity contribution < 1.29 is 4.42 Å². The molecule has 0 radical (unpaired) electrons. The van der Waals surface area contributed by atoms with Crippen molar-refractivity contribution in [2.24, 2.45) is 5.73 Å². The molecule has 0 aliphatic carbocycles. The van der Waals surface area contributed by atoms with Crippen LogP contribution in [0.4, 0.5) is 0 Å². The molecular weight excluding hydrogens is 236 g/mol. The van der Waals surface area contributed by atoms with Gasteiger partial charge in [-0.15, -0.1) is 0 Å². The van der Waals surface area contributed by atoms with Crippen molar-refractivity contribution in [3.8, 4) is 0 Å². The van der Waals surface area contributed by atoms with E-state index in [1.807, 2.05) is 0 Å². The van der Waals surface area contributed by atoms with Crippen molar-refractivity contribution in [2.75, 3.05) is 19.6 Å². The molecule has 110 valence electrons. The molecule has 0 spiro atoms. The van der Waals surface area contributed by atoms with Crippen molar-refractivity contribution in [1.29, 1.82) is 0 Å². The van der Waals surface area contributed by atoms with Crippen LogP contribution in [0.3, 0.4) is 0 Å². The summed E-state index contributed by atoms with van der Waals surface area (Å²) in [6, 6.07) is 4.41. The van der Waals surface area contributed by atoms with Gasteiger partial charge in [0.2, 0.25) is 0 Å². The molecule has 3 heteroatoms. The summed E-state index contributed by atoms with van der Waals surface area (Å²) in [5.74, 6) is 2.09. The monoisotopic (exact) mass is 266 g/mol. The molecule has 0 bridgehead atoms. The maximum Gasteiger partial charge on any atom is 0.122 e. The van der Waals surface area contributed by atoms with Gasteiger partial charge in [0.25, 0.3) is 0 Å². The lowest BCUT2D eigenvalue weighted by molar-refractivity contribution is 0.172. The Labute approximate surface area is 118 Å². The molecule has 1 aromatic heterocycles. The van der Waals surface area contributed by atoms with Crippen molar-refractivity contribution in [3.63, 3.8) is 0 Å². The Morgan fingerprint density at radius 3 is 2.16 bits per heavy atom. The predicted octanol–water partition coefficient (Wildman–Crippen LogP) is 3.74. The van der Waals surface area contributed by atoms with Gasteiger partial charge < -0.3 is 10.2 Å². The highest BCUT2D eigenvalue weighted by atomic mass is 16.3. The lowest BCUT2D eigenvalue weighted by Gasteiger charge is -2.29. The Kier molecular flexibility index (Phi) is 7.84. The summed E-state index contributed by atoms with van der Waals surface area (Å²) in [4.78, 5) is 2.49. The summed E-state index contributed by atoms with van der Waals surface area (Å²) in [6.07, 6.45) is 5.83. The van der Waals surface area contributed by atoms with E-state index in [-0.39, 0.29) is 6.04 Å². The molecule has 0 aliphatic rings. The van der Waals surface area contributed by atoms with Gasteiger partial charge in [0.1, 0.15) is 11.5 Å². The van der Waals surface area contributed by atoms with Gasteiger partial charge in [-0.1, -0.05) is 33.6 Å². The van der Waals surface area contributed by atoms with Crippen LogP contribution in [0.15, 0.2) is 16.5 Å². The van der Waals surface area contributed by atoms with E-state index in [1.165, 1.54) is 25.7 Å². The van der Waals surface area contributed by atoms with Crippen LogP contribution in [0.25, 0.3) is 0 Å². The maximum absolute atomic E-state index is 6.00. The molecule has 0 aromatic carbocycles. The van der Waals surface area contributed by atoms with Gasteiger partial charge in [-0.05, 0) is 38.1 Å². The minimum atomic E-state index is 0.235. The molecular formula is C16H30N2O. The van der Waals surface area contributed by atoms with E-state index >= 15 is 0 Å². The van der Waals surface area contributed by atoms with Crippen molar-refractivity contribution >= 4 is 0 Å². The predicted molar refractivity (Wildman–Crippen MR) is 81.3 cm³/mol. The molecule has 0 saturated heterocycles. The van der Waals surface area contributed by atoms with E-state index in [9.17, 15) is 0 Å². The van der Waals surface area contributed by atoms with E-state index in [0.29, 0.717) is 6.54 Å². The second-order valence-corrected chi connectivity index (χ2v) is 5.15. The number of hydrogen-bond acceptors (Lipinski definition) is 3. The number of furan rings is 1. The zero-order chi connectivity index (χ0) is 14.1. The average Bonchev–Trinajstić information content (AvgIpc) is 2.90. The van der Waals surface area contributed by atoms with E-state index in [1.54, 1.807) is 0 Å². The fourth-order valence-electron chi connectivity index (χ4n) is 2.35. The molecule has 3 nitrogen and oxygen atoms in total. The first-order chi connectivity index (χ1) is 9.26. The lowest BCUT2D eigenvalue weighted by atomic mass is 10.1. The summed E-state index contributed by atoms with van der Waals surface area (Å²) in [5.41, 5.74) is 6.00. The molecule has 0 aliphatic heterocycles. The summed E-state index contributed by atoms with van der Waals surface area (Å²) in [5, 5.41) is 0. The first-order valence-corrected chi connectivity index (χ1v) is 7.79. The van der Waals surface area contributed by atoms with Crippen LogP contribution < -0.4 is 5.73 Å². The molecule has 1 rings (SSSR count). The van der Waals surface area contributed by atoms with Crippen LogP contribution in [0.5, 0.6) is 0 Å². The fraction of sp³-hybridized carbons (Fsp3) is 0.750. The Morgan fingerprint density at radius 1 is 1.11 bits per heavy atom. The first kappa shape index (κ1) is 16.3. The van der Waals surface area contributed by atoms with Gasteiger partial charge in [0.05, 0.1) is 6.04 Å². The second-order valence-electron chi connectivity index (χ2n) is 5.15. The molecule has 2 N–H and O–H groups in total. The van der Waals surface area contributed by atoms with Gasteiger partial charge in [-0.3, -0.25) is 4.90 Å². The number of aryl methyl sites for hydroxylation is 1. The topological polar surface area (TPSA) is 42.4 Å². The Balaban J connectivity index is 2.75. The fourth-order valence-corrected chi connectivity index (χ4v) is 2.35. The average molecular weight is 266 g/mol. The number of nitrogens with zero attached hydrogens (tertiary/aromatic N) is 1. The van der Waals surface area contributed by atoms with Gasteiger partial charge >= 0.3 is 0 Å². The van der Waals surface area contributed by atoms with E-state index in [0.717, 1.165) is 31.0 Å². The van der Waals surface area contributed by atoms with Crippen LogP contribution in [0.1, 0.15) is 64.0 Å². The van der Waals surface area contributed by atoms with Crippen LogP contribution in [-0.4, -0.2) is 24.5 Å². The molecule has 0 fully saturated rings. The molecule has 0 amide bonds. The van der Waals surface area contributed by atoms with Gasteiger partial charge in [0, 0.05) is 13.0 Å². The molecule has 1 unspecified atom stereocenters. The highest BCUT2D eigenvalue weighted by Crippen LogP contribution is 2.23. The Bertz CT molecular complexity index is 327. The molecule has 0 saturated carbocycles. The number of unbranched alkanes of at least 4 members (excludes halogenated alkanes) is 2. The van der Waals surface area contributed by atoms with E-state index < -0.39 is 0 Å².